The minimum atomic E-state index is -3.36. The van der Waals surface area contributed by atoms with Crippen molar-refractivity contribution in [3.8, 4) is 0 Å². The van der Waals surface area contributed by atoms with Crippen LogP contribution in [0, 0.1) is 0 Å². The zero-order valence-electron chi connectivity index (χ0n) is 9.87. The summed E-state index contributed by atoms with van der Waals surface area (Å²) in [4.78, 5) is 0. The number of rotatable bonds is 4. The standard InChI is InChI=1S/C9H21N3O2S/c1-8(2)12(4)15(13,14)11-9(3)5-6-10-7-9/h8,10-11H,5-7H2,1-4H3. The lowest BCUT2D eigenvalue weighted by Crippen LogP contribution is -2.53. The zero-order valence-corrected chi connectivity index (χ0v) is 10.7. The Morgan fingerprint density at radius 2 is 2.07 bits per heavy atom. The van der Waals surface area contributed by atoms with Gasteiger partial charge in [-0.1, -0.05) is 0 Å². The molecule has 0 spiro atoms. The van der Waals surface area contributed by atoms with Crippen molar-refractivity contribution in [3.05, 3.63) is 0 Å². The van der Waals surface area contributed by atoms with Crippen LogP contribution in [0.15, 0.2) is 0 Å². The Morgan fingerprint density at radius 1 is 1.47 bits per heavy atom. The molecule has 0 bridgehead atoms. The van der Waals surface area contributed by atoms with Gasteiger partial charge in [-0.05, 0) is 33.7 Å². The molecule has 15 heavy (non-hydrogen) atoms. The van der Waals surface area contributed by atoms with Crippen molar-refractivity contribution in [2.24, 2.45) is 0 Å². The molecule has 2 N–H and O–H groups in total. The van der Waals surface area contributed by atoms with Gasteiger partial charge in [0.25, 0.3) is 10.2 Å². The fourth-order valence-corrected chi connectivity index (χ4v) is 3.06. The second-order valence-electron chi connectivity index (χ2n) is 4.70. The van der Waals surface area contributed by atoms with Crippen LogP contribution in [0.3, 0.4) is 0 Å². The Balaban J connectivity index is 2.71. The van der Waals surface area contributed by atoms with E-state index in [1.807, 2.05) is 20.8 Å². The average Bonchev–Trinajstić information content (AvgIpc) is 2.49. The first-order valence-corrected chi connectivity index (χ1v) is 6.68. The highest BCUT2D eigenvalue weighted by Gasteiger charge is 2.34. The minimum absolute atomic E-state index is 0.0273. The van der Waals surface area contributed by atoms with E-state index in [4.69, 9.17) is 0 Å². The molecule has 1 atom stereocenters. The van der Waals surface area contributed by atoms with Gasteiger partial charge in [-0.25, -0.2) is 0 Å². The lowest BCUT2D eigenvalue weighted by molar-refractivity contribution is 0.374. The molecule has 1 saturated heterocycles. The summed E-state index contributed by atoms with van der Waals surface area (Å²) >= 11 is 0. The Bertz CT molecular complexity index is 307. The maximum Gasteiger partial charge on any atom is 0.279 e. The highest BCUT2D eigenvalue weighted by atomic mass is 32.2. The highest BCUT2D eigenvalue weighted by molar-refractivity contribution is 7.87. The largest absolute Gasteiger partial charge is 0.315 e. The molecule has 0 aromatic carbocycles. The van der Waals surface area contributed by atoms with Crippen LogP contribution < -0.4 is 10.0 Å². The van der Waals surface area contributed by atoms with Gasteiger partial charge in [0.05, 0.1) is 0 Å². The third-order valence-electron chi connectivity index (χ3n) is 2.85. The molecular formula is C9H21N3O2S. The van der Waals surface area contributed by atoms with E-state index in [1.54, 1.807) is 7.05 Å². The normalized spacial score (nSPS) is 27.9. The number of hydrogen-bond donors (Lipinski definition) is 2. The van der Waals surface area contributed by atoms with E-state index in [0.29, 0.717) is 6.54 Å². The van der Waals surface area contributed by atoms with Gasteiger partial charge in [-0.15, -0.1) is 0 Å². The zero-order chi connectivity index (χ0) is 11.7. The van der Waals surface area contributed by atoms with Gasteiger partial charge in [0, 0.05) is 25.2 Å². The van der Waals surface area contributed by atoms with Gasteiger partial charge in [-0.2, -0.15) is 17.4 Å². The molecule has 1 fully saturated rings. The first kappa shape index (κ1) is 12.9. The molecular weight excluding hydrogens is 214 g/mol. The van der Waals surface area contributed by atoms with Gasteiger partial charge < -0.3 is 5.32 Å². The van der Waals surface area contributed by atoms with Crippen LogP contribution in [0.25, 0.3) is 0 Å². The molecule has 6 heteroatoms. The Morgan fingerprint density at radius 3 is 2.47 bits per heavy atom. The van der Waals surface area contributed by atoms with Crippen molar-refractivity contribution >= 4 is 10.2 Å². The summed E-state index contributed by atoms with van der Waals surface area (Å²) in [6.45, 7) is 7.20. The Kier molecular flexibility index (Phi) is 3.76. The summed E-state index contributed by atoms with van der Waals surface area (Å²) in [5.41, 5.74) is -0.345. The summed E-state index contributed by atoms with van der Waals surface area (Å²) in [7, 11) is -1.76. The fourth-order valence-electron chi connectivity index (χ4n) is 1.56. The molecule has 1 unspecified atom stereocenters. The maximum atomic E-state index is 11.9. The monoisotopic (exact) mass is 235 g/mol. The summed E-state index contributed by atoms with van der Waals surface area (Å²) in [6, 6.07) is -0.0273. The summed E-state index contributed by atoms with van der Waals surface area (Å²) in [6.07, 6.45) is 0.832. The van der Waals surface area contributed by atoms with E-state index in [1.165, 1.54) is 4.31 Å². The summed E-state index contributed by atoms with van der Waals surface area (Å²) in [5.74, 6) is 0. The first-order chi connectivity index (χ1) is 6.77. The SMILES string of the molecule is CC(C)N(C)S(=O)(=O)NC1(C)CCNC1. The van der Waals surface area contributed by atoms with Crippen molar-refractivity contribution < 1.29 is 8.42 Å². The number of hydrogen-bond acceptors (Lipinski definition) is 3. The molecule has 90 valence electrons. The quantitative estimate of drug-likeness (QED) is 0.716. The van der Waals surface area contributed by atoms with Crippen LogP contribution in [0.4, 0.5) is 0 Å². The molecule has 1 heterocycles. The van der Waals surface area contributed by atoms with Crippen LogP contribution in [0.5, 0.6) is 0 Å². The van der Waals surface area contributed by atoms with Crippen molar-refractivity contribution in [3.63, 3.8) is 0 Å². The number of nitrogens with zero attached hydrogens (tertiary/aromatic N) is 1. The smallest absolute Gasteiger partial charge is 0.279 e. The molecule has 0 aliphatic carbocycles. The molecule has 0 saturated carbocycles. The topological polar surface area (TPSA) is 61.4 Å². The van der Waals surface area contributed by atoms with Crippen LogP contribution >= 0.6 is 0 Å². The lowest BCUT2D eigenvalue weighted by Gasteiger charge is -2.29. The van der Waals surface area contributed by atoms with E-state index < -0.39 is 10.2 Å². The van der Waals surface area contributed by atoms with Crippen molar-refractivity contribution in [2.75, 3.05) is 20.1 Å². The Hall–Kier alpha value is -0.170. The van der Waals surface area contributed by atoms with Gasteiger partial charge in [0.15, 0.2) is 0 Å². The molecule has 5 nitrogen and oxygen atoms in total. The van der Waals surface area contributed by atoms with Crippen LogP contribution in [0.2, 0.25) is 0 Å². The lowest BCUT2D eigenvalue weighted by atomic mass is 10.0. The van der Waals surface area contributed by atoms with Gasteiger partial charge in [-0.3, -0.25) is 0 Å². The summed E-state index contributed by atoms with van der Waals surface area (Å²) in [5, 5.41) is 3.16. The maximum absolute atomic E-state index is 11.9. The molecule has 0 aromatic heterocycles. The number of nitrogens with one attached hydrogen (secondary N) is 2. The van der Waals surface area contributed by atoms with E-state index >= 15 is 0 Å². The predicted molar refractivity (Wildman–Crippen MR) is 60.8 cm³/mol. The van der Waals surface area contributed by atoms with Gasteiger partial charge in [0.2, 0.25) is 0 Å². The molecule has 0 radical (unpaired) electrons. The molecule has 1 aliphatic heterocycles. The van der Waals surface area contributed by atoms with Gasteiger partial charge >= 0.3 is 0 Å². The summed E-state index contributed by atoms with van der Waals surface area (Å²) < 4.78 is 27.9. The van der Waals surface area contributed by atoms with E-state index in [0.717, 1.165) is 13.0 Å². The minimum Gasteiger partial charge on any atom is -0.315 e. The third-order valence-corrected chi connectivity index (χ3v) is 4.78. The molecule has 0 aromatic rings. The molecule has 1 aliphatic rings. The van der Waals surface area contributed by atoms with Crippen molar-refractivity contribution in [1.82, 2.24) is 14.3 Å². The third kappa shape index (κ3) is 3.14. The van der Waals surface area contributed by atoms with Crippen LogP contribution in [0.1, 0.15) is 27.2 Å². The van der Waals surface area contributed by atoms with E-state index in [-0.39, 0.29) is 11.6 Å². The second-order valence-corrected chi connectivity index (χ2v) is 6.43. The van der Waals surface area contributed by atoms with Crippen molar-refractivity contribution in [2.45, 2.75) is 38.8 Å². The van der Waals surface area contributed by atoms with E-state index in [2.05, 4.69) is 10.0 Å². The second kappa shape index (κ2) is 4.37. The molecule has 1 rings (SSSR count). The highest BCUT2D eigenvalue weighted by Crippen LogP contribution is 2.16. The first-order valence-electron chi connectivity index (χ1n) is 5.24. The van der Waals surface area contributed by atoms with Crippen LogP contribution in [-0.2, 0) is 10.2 Å². The van der Waals surface area contributed by atoms with Crippen LogP contribution in [-0.4, -0.2) is 44.4 Å². The Labute approximate surface area is 92.4 Å². The van der Waals surface area contributed by atoms with Crippen molar-refractivity contribution in [1.29, 1.82) is 0 Å². The predicted octanol–water partition coefficient (Wildman–Crippen LogP) is -0.0870. The average molecular weight is 235 g/mol. The fraction of sp³-hybridized carbons (Fsp3) is 1.00. The van der Waals surface area contributed by atoms with E-state index in [9.17, 15) is 8.42 Å². The molecule has 0 amide bonds. The van der Waals surface area contributed by atoms with Gasteiger partial charge in [0.1, 0.15) is 0 Å².